The fourth-order valence-electron chi connectivity index (χ4n) is 2.32. The monoisotopic (exact) mass is 225 g/mol. The number of hydrogen-bond acceptors (Lipinski definition) is 4. The Morgan fingerprint density at radius 2 is 2.50 bits per heavy atom. The molecule has 1 N–H and O–H groups in total. The van der Waals surface area contributed by atoms with Crippen LogP contribution in [0.5, 0.6) is 0 Å². The van der Waals surface area contributed by atoms with Crippen molar-refractivity contribution in [1.82, 2.24) is 14.8 Å². The maximum atomic E-state index is 9.61. The molecule has 1 aliphatic rings. The zero-order valence-corrected chi connectivity index (χ0v) is 9.89. The number of aliphatic hydroxyl groups excluding tert-OH is 1. The van der Waals surface area contributed by atoms with E-state index in [1.807, 2.05) is 18.5 Å². The number of rotatable bonds is 4. The highest BCUT2D eigenvalue weighted by Gasteiger charge is 2.42. The summed E-state index contributed by atoms with van der Waals surface area (Å²) in [4.78, 5) is 4.26. The molecule has 2 atom stereocenters. The van der Waals surface area contributed by atoms with Gasteiger partial charge < -0.3 is 9.84 Å². The van der Waals surface area contributed by atoms with Gasteiger partial charge in [0.15, 0.2) is 0 Å². The van der Waals surface area contributed by atoms with Crippen molar-refractivity contribution in [2.24, 2.45) is 5.41 Å². The van der Waals surface area contributed by atoms with E-state index in [1.54, 1.807) is 6.33 Å². The molecule has 1 aromatic rings. The first-order valence-electron chi connectivity index (χ1n) is 5.81. The molecule has 0 radical (unpaired) electrons. The Hall–Kier alpha value is -0.940. The predicted octanol–water partition coefficient (Wildman–Crippen LogP) is 0.628. The zero-order chi connectivity index (χ0) is 11.6. The molecular formula is C11H19N3O2. The maximum absolute atomic E-state index is 9.61. The molecule has 0 aliphatic carbocycles. The van der Waals surface area contributed by atoms with Crippen molar-refractivity contribution in [3.05, 3.63) is 12.2 Å². The molecule has 16 heavy (non-hydrogen) atoms. The highest BCUT2D eigenvalue weighted by atomic mass is 16.5. The molecule has 5 nitrogen and oxygen atoms in total. The molecular weight excluding hydrogens is 206 g/mol. The van der Waals surface area contributed by atoms with Crippen LogP contribution in [-0.2, 0) is 17.7 Å². The lowest BCUT2D eigenvalue weighted by molar-refractivity contribution is 0.0254. The highest BCUT2D eigenvalue weighted by molar-refractivity contribution is 4.99. The van der Waals surface area contributed by atoms with Gasteiger partial charge in [-0.1, -0.05) is 0 Å². The number of ether oxygens (including phenoxy) is 1. The average molecular weight is 225 g/mol. The second kappa shape index (κ2) is 4.51. The minimum Gasteiger partial charge on any atom is -0.396 e. The number of nitrogens with zero attached hydrogens (tertiary/aromatic N) is 3. The Morgan fingerprint density at radius 1 is 1.69 bits per heavy atom. The van der Waals surface area contributed by atoms with Crippen LogP contribution < -0.4 is 0 Å². The first kappa shape index (κ1) is 11.5. The third kappa shape index (κ3) is 1.85. The van der Waals surface area contributed by atoms with Gasteiger partial charge in [-0.25, -0.2) is 4.98 Å². The number of hydrogen-bond donors (Lipinski definition) is 1. The molecule has 2 rings (SSSR count). The second-order valence-electron chi connectivity index (χ2n) is 4.45. The van der Waals surface area contributed by atoms with E-state index >= 15 is 0 Å². The normalized spacial score (nSPS) is 29.8. The Kier molecular flexibility index (Phi) is 3.25. The van der Waals surface area contributed by atoms with Gasteiger partial charge in [-0.15, -0.1) is 0 Å². The Balaban J connectivity index is 2.18. The third-order valence-corrected chi connectivity index (χ3v) is 3.65. The van der Waals surface area contributed by atoms with Crippen LogP contribution in [0, 0.1) is 5.41 Å². The fourth-order valence-corrected chi connectivity index (χ4v) is 2.32. The van der Waals surface area contributed by atoms with Gasteiger partial charge >= 0.3 is 0 Å². The SMILES string of the molecule is CCn1ncnc1CC1(CO)CCOC1C. The van der Waals surface area contributed by atoms with Crippen molar-refractivity contribution in [3.63, 3.8) is 0 Å². The first-order chi connectivity index (χ1) is 7.72. The van der Waals surface area contributed by atoms with Crippen molar-refractivity contribution < 1.29 is 9.84 Å². The Labute approximate surface area is 95.4 Å². The van der Waals surface area contributed by atoms with Gasteiger partial charge in [-0.3, -0.25) is 4.68 Å². The molecule has 1 aromatic heterocycles. The summed E-state index contributed by atoms with van der Waals surface area (Å²) in [6.07, 6.45) is 3.28. The van der Waals surface area contributed by atoms with E-state index in [-0.39, 0.29) is 18.1 Å². The quantitative estimate of drug-likeness (QED) is 0.816. The Morgan fingerprint density at radius 3 is 3.06 bits per heavy atom. The number of aliphatic hydroxyl groups is 1. The van der Waals surface area contributed by atoms with E-state index in [0.717, 1.165) is 31.8 Å². The van der Waals surface area contributed by atoms with Gasteiger partial charge in [-0.2, -0.15) is 5.10 Å². The smallest absolute Gasteiger partial charge is 0.138 e. The van der Waals surface area contributed by atoms with Crippen LogP contribution in [-0.4, -0.2) is 39.2 Å². The summed E-state index contributed by atoms with van der Waals surface area (Å²) in [5, 5.41) is 13.8. The topological polar surface area (TPSA) is 60.2 Å². The molecule has 0 bridgehead atoms. The molecule has 90 valence electrons. The second-order valence-corrected chi connectivity index (χ2v) is 4.45. The van der Waals surface area contributed by atoms with E-state index in [2.05, 4.69) is 10.1 Å². The molecule has 2 heterocycles. The third-order valence-electron chi connectivity index (χ3n) is 3.65. The molecule has 0 amide bonds. The molecule has 1 aliphatic heterocycles. The van der Waals surface area contributed by atoms with Crippen LogP contribution in [0.3, 0.4) is 0 Å². The van der Waals surface area contributed by atoms with E-state index in [1.165, 1.54) is 0 Å². The predicted molar refractivity (Wildman–Crippen MR) is 58.9 cm³/mol. The summed E-state index contributed by atoms with van der Waals surface area (Å²) in [7, 11) is 0. The lowest BCUT2D eigenvalue weighted by atomic mass is 9.79. The van der Waals surface area contributed by atoms with Crippen LogP contribution in [0.4, 0.5) is 0 Å². The van der Waals surface area contributed by atoms with E-state index < -0.39 is 0 Å². The van der Waals surface area contributed by atoms with E-state index in [4.69, 9.17) is 4.74 Å². The minimum absolute atomic E-state index is 0.0829. The van der Waals surface area contributed by atoms with Crippen LogP contribution in [0.25, 0.3) is 0 Å². The summed E-state index contributed by atoms with van der Waals surface area (Å²) in [6.45, 7) is 5.74. The van der Waals surface area contributed by atoms with Gasteiger partial charge in [0, 0.05) is 25.0 Å². The zero-order valence-electron chi connectivity index (χ0n) is 9.89. The van der Waals surface area contributed by atoms with Gasteiger partial charge in [0.05, 0.1) is 12.7 Å². The Bertz CT molecular complexity index is 353. The average Bonchev–Trinajstić information content (AvgIpc) is 2.87. The van der Waals surface area contributed by atoms with Gasteiger partial charge in [0.2, 0.25) is 0 Å². The maximum Gasteiger partial charge on any atom is 0.138 e. The molecule has 0 spiro atoms. The van der Waals surface area contributed by atoms with E-state index in [0.29, 0.717) is 0 Å². The van der Waals surface area contributed by atoms with Crippen LogP contribution in [0.15, 0.2) is 6.33 Å². The van der Waals surface area contributed by atoms with Crippen molar-refractivity contribution in [2.75, 3.05) is 13.2 Å². The van der Waals surface area contributed by atoms with Crippen molar-refractivity contribution >= 4 is 0 Å². The van der Waals surface area contributed by atoms with Crippen LogP contribution >= 0.6 is 0 Å². The van der Waals surface area contributed by atoms with Crippen LogP contribution in [0.2, 0.25) is 0 Å². The van der Waals surface area contributed by atoms with Crippen LogP contribution in [0.1, 0.15) is 26.1 Å². The molecule has 1 fully saturated rings. The van der Waals surface area contributed by atoms with Crippen molar-refractivity contribution in [2.45, 2.75) is 39.3 Å². The van der Waals surface area contributed by atoms with Gasteiger partial charge in [0.1, 0.15) is 12.2 Å². The van der Waals surface area contributed by atoms with Crippen molar-refractivity contribution in [1.29, 1.82) is 0 Å². The standard InChI is InChI=1S/C11H19N3O2/c1-3-14-10(12-8-13-14)6-11(7-15)4-5-16-9(11)2/h8-9,15H,3-7H2,1-2H3. The summed E-state index contributed by atoms with van der Waals surface area (Å²) >= 11 is 0. The van der Waals surface area contributed by atoms with E-state index in [9.17, 15) is 5.11 Å². The van der Waals surface area contributed by atoms with Gasteiger partial charge in [-0.05, 0) is 20.3 Å². The summed E-state index contributed by atoms with van der Waals surface area (Å²) in [5.74, 6) is 0.939. The largest absolute Gasteiger partial charge is 0.396 e. The lowest BCUT2D eigenvalue weighted by Crippen LogP contribution is -2.36. The first-order valence-corrected chi connectivity index (χ1v) is 5.81. The summed E-state index contributed by atoms with van der Waals surface area (Å²) in [5.41, 5.74) is -0.181. The summed E-state index contributed by atoms with van der Waals surface area (Å²) in [6, 6.07) is 0. The fraction of sp³-hybridized carbons (Fsp3) is 0.818. The lowest BCUT2D eigenvalue weighted by Gasteiger charge is -2.29. The van der Waals surface area contributed by atoms with Crippen molar-refractivity contribution in [3.8, 4) is 0 Å². The molecule has 0 saturated carbocycles. The summed E-state index contributed by atoms with van der Waals surface area (Å²) < 4.78 is 7.44. The van der Waals surface area contributed by atoms with Gasteiger partial charge in [0.25, 0.3) is 0 Å². The highest BCUT2D eigenvalue weighted by Crippen LogP contribution is 2.37. The molecule has 2 unspecified atom stereocenters. The molecule has 1 saturated heterocycles. The number of aryl methyl sites for hydroxylation is 1. The number of aromatic nitrogens is 3. The minimum atomic E-state index is -0.181. The molecule has 0 aromatic carbocycles. The molecule has 5 heteroatoms.